The normalized spacial score (nSPS) is 11.6. The molecule has 0 heterocycles. The fourth-order valence-corrected chi connectivity index (χ4v) is 5.14. The number of anilines is 2. The predicted molar refractivity (Wildman–Crippen MR) is 153 cm³/mol. The van der Waals surface area contributed by atoms with Crippen molar-refractivity contribution < 1.29 is 22.7 Å². The minimum Gasteiger partial charge on any atom is -0.495 e. The van der Waals surface area contributed by atoms with Crippen molar-refractivity contribution in [3.63, 3.8) is 0 Å². The number of sulfonamides is 1. The van der Waals surface area contributed by atoms with E-state index in [2.05, 4.69) is 26.1 Å². The third kappa shape index (κ3) is 7.58. The third-order valence-corrected chi connectivity index (χ3v) is 7.50. The number of hydrogen-bond donors (Lipinski definition) is 1. The van der Waals surface area contributed by atoms with E-state index in [4.69, 9.17) is 16.3 Å². The van der Waals surface area contributed by atoms with Crippen molar-refractivity contribution >= 4 is 44.7 Å². The van der Waals surface area contributed by atoms with E-state index in [1.54, 1.807) is 36.4 Å². The summed E-state index contributed by atoms with van der Waals surface area (Å²) in [6.07, 6.45) is 1.47. The molecule has 0 aliphatic rings. The van der Waals surface area contributed by atoms with Crippen LogP contribution in [0, 0.1) is 0 Å². The Hall–Kier alpha value is -3.36. The summed E-state index contributed by atoms with van der Waals surface area (Å²) < 4.78 is 31.1. The van der Waals surface area contributed by atoms with Crippen molar-refractivity contribution in [2.24, 2.45) is 0 Å². The van der Waals surface area contributed by atoms with Gasteiger partial charge >= 0.3 is 0 Å². The van der Waals surface area contributed by atoms with E-state index in [0.29, 0.717) is 28.3 Å². The lowest BCUT2D eigenvalue weighted by atomic mass is 9.86. The van der Waals surface area contributed by atoms with Gasteiger partial charge in [-0.05, 0) is 47.7 Å². The number of halogens is 1. The summed E-state index contributed by atoms with van der Waals surface area (Å²) in [6.45, 7) is 6.44. The average molecular weight is 557 g/mol. The Morgan fingerprint density at radius 1 is 0.974 bits per heavy atom. The van der Waals surface area contributed by atoms with Crippen molar-refractivity contribution in [1.29, 1.82) is 0 Å². The molecule has 0 fully saturated rings. The van der Waals surface area contributed by atoms with Crippen LogP contribution < -0.4 is 14.4 Å². The van der Waals surface area contributed by atoms with Gasteiger partial charge in [0.15, 0.2) is 5.78 Å². The third-order valence-electron chi connectivity index (χ3n) is 6.01. The molecule has 0 radical (unpaired) electrons. The number of ketones is 1. The molecule has 0 saturated carbocycles. The SMILES string of the molecule is COc1ccc(N(CCCC(=O)Nc2cccc(C(=O)c3ccc(C(C)(C)C)cc3)c2)S(C)(=O)=O)cc1Cl. The molecule has 3 aromatic carbocycles. The van der Waals surface area contributed by atoms with Gasteiger partial charge in [-0.2, -0.15) is 0 Å². The maximum absolute atomic E-state index is 13.0. The number of hydrogen-bond acceptors (Lipinski definition) is 5. The zero-order chi connectivity index (χ0) is 28.1. The Bertz CT molecular complexity index is 1410. The summed E-state index contributed by atoms with van der Waals surface area (Å²) in [5.41, 5.74) is 3.05. The number of carbonyl (C=O) groups excluding carboxylic acids is 2. The summed E-state index contributed by atoms with van der Waals surface area (Å²) in [5.74, 6) is 0.0136. The fraction of sp³-hybridized carbons (Fsp3) is 0.310. The standard InChI is InChI=1S/C29H33ClN2O5S/c1-29(2,3)22-13-11-20(12-14-22)28(34)21-8-6-9-23(18-21)31-27(33)10-7-17-32(38(5,35)36)24-15-16-26(37-4)25(30)19-24/h6,8-9,11-16,18-19H,7,10,17H2,1-5H3,(H,31,33). The van der Waals surface area contributed by atoms with Crippen molar-refractivity contribution in [3.8, 4) is 5.75 Å². The van der Waals surface area contributed by atoms with Gasteiger partial charge in [0.1, 0.15) is 5.75 Å². The number of carbonyl (C=O) groups is 2. The molecule has 0 aromatic heterocycles. The highest BCUT2D eigenvalue weighted by Gasteiger charge is 2.19. The number of ether oxygens (including phenoxy) is 1. The molecule has 1 N–H and O–H groups in total. The Morgan fingerprint density at radius 3 is 2.24 bits per heavy atom. The topological polar surface area (TPSA) is 92.8 Å². The van der Waals surface area contributed by atoms with Crippen LogP contribution in [0.1, 0.15) is 55.1 Å². The summed E-state index contributed by atoms with van der Waals surface area (Å²) in [4.78, 5) is 25.6. The Balaban J connectivity index is 1.63. The summed E-state index contributed by atoms with van der Waals surface area (Å²) in [5, 5.41) is 3.09. The highest BCUT2D eigenvalue weighted by Crippen LogP contribution is 2.30. The first-order valence-electron chi connectivity index (χ1n) is 12.2. The van der Waals surface area contributed by atoms with Crippen LogP contribution >= 0.6 is 11.6 Å². The fourth-order valence-electron chi connectivity index (χ4n) is 3.93. The molecule has 38 heavy (non-hydrogen) atoms. The summed E-state index contributed by atoms with van der Waals surface area (Å²) in [7, 11) is -2.12. The Labute approximate surface area is 229 Å². The number of amides is 1. The molecule has 0 bridgehead atoms. The maximum atomic E-state index is 13.0. The molecule has 0 aliphatic heterocycles. The van der Waals surface area contributed by atoms with E-state index < -0.39 is 10.0 Å². The first-order valence-corrected chi connectivity index (χ1v) is 14.4. The number of benzene rings is 3. The molecule has 202 valence electrons. The van der Waals surface area contributed by atoms with Gasteiger partial charge in [-0.1, -0.05) is 68.8 Å². The number of nitrogens with one attached hydrogen (secondary N) is 1. The first kappa shape index (κ1) is 29.2. The number of rotatable bonds is 10. The molecule has 1 amide bonds. The minimum atomic E-state index is -3.60. The van der Waals surface area contributed by atoms with E-state index in [9.17, 15) is 18.0 Å². The lowest BCUT2D eigenvalue weighted by Crippen LogP contribution is -2.31. The largest absolute Gasteiger partial charge is 0.495 e. The van der Waals surface area contributed by atoms with E-state index >= 15 is 0 Å². The summed E-state index contributed by atoms with van der Waals surface area (Å²) >= 11 is 6.16. The zero-order valence-electron chi connectivity index (χ0n) is 22.2. The van der Waals surface area contributed by atoms with Crippen molar-refractivity contribution in [2.75, 3.05) is 29.5 Å². The van der Waals surface area contributed by atoms with E-state index in [-0.39, 0.29) is 41.5 Å². The van der Waals surface area contributed by atoms with Gasteiger partial charge in [0.25, 0.3) is 0 Å². The van der Waals surface area contributed by atoms with Gasteiger partial charge in [-0.3, -0.25) is 13.9 Å². The van der Waals surface area contributed by atoms with Crippen molar-refractivity contribution in [2.45, 2.75) is 39.0 Å². The molecule has 0 spiro atoms. The van der Waals surface area contributed by atoms with Crippen LogP contribution in [0.2, 0.25) is 5.02 Å². The quantitative estimate of drug-likeness (QED) is 0.306. The van der Waals surface area contributed by atoms with Gasteiger partial charge in [0, 0.05) is 29.8 Å². The lowest BCUT2D eigenvalue weighted by molar-refractivity contribution is -0.116. The second-order valence-electron chi connectivity index (χ2n) is 10.0. The minimum absolute atomic E-state index is 0.00812. The van der Waals surface area contributed by atoms with Crippen molar-refractivity contribution in [1.82, 2.24) is 0 Å². The maximum Gasteiger partial charge on any atom is 0.232 e. The predicted octanol–water partition coefficient (Wildman–Crippen LogP) is 6.06. The van der Waals surface area contributed by atoms with Gasteiger partial charge in [-0.25, -0.2) is 8.42 Å². The zero-order valence-corrected chi connectivity index (χ0v) is 23.8. The first-order chi connectivity index (χ1) is 17.8. The van der Waals surface area contributed by atoms with Crippen LogP contribution in [0.4, 0.5) is 11.4 Å². The van der Waals surface area contributed by atoms with Crippen LogP contribution in [0.5, 0.6) is 5.75 Å². The average Bonchev–Trinajstić information content (AvgIpc) is 2.85. The van der Waals surface area contributed by atoms with Gasteiger partial charge < -0.3 is 10.1 Å². The van der Waals surface area contributed by atoms with Crippen LogP contribution in [-0.2, 0) is 20.2 Å². The highest BCUT2D eigenvalue weighted by atomic mass is 35.5. The molecule has 9 heteroatoms. The van der Waals surface area contributed by atoms with E-state index in [1.165, 1.54) is 17.5 Å². The molecule has 3 rings (SSSR count). The molecule has 0 unspecified atom stereocenters. The molecule has 3 aromatic rings. The van der Waals surface area contributed by atoms with E-state index in [0.717, 1.165) is 11.8 Å². The Kier molecular flexibility index (Phi) is 9.22. The smallest absolute Gasteiger partial charge is 0.232 e. The Morgan fingerprint density at radius 2 is 1.66 bits per heavy atom. The second kappa shape index (κ2) is 12.0. The van der Waals surface area contributed by atoms with Crippen LogP contribution in [0.3, 0.4) is 0 Å². The molecule has 0 atom stereocenters. The second-order valence-corrected chi connectivity index (χ2v) is 12.4. The van der Waals surface area contributed by atoms with Crippen LogP contribution in [0.15, 0.2) is 66.7 Å². The van der Waals surface area contributed by atoms with Gasteiger partial charge in [-0.15, -0.1) is 0 Å². The molecular weight excluding hydrogens is 524 g/mol. The van der Waals surface area contributed by atoms with Crippen molar-refractivity contribution in [3.05, 3.63) is 88.4 Å². The van der Waals surface area contributed by atoms with Crippen LogP contribution in [-0.4, -0.2) is 40.0 Å². The van der Waals surface area contributed by atoms with Gasteiger partial charge in [0.2, 0.25) is 15.9 Å². The molecule has 0 saturated heterocycles. The monoisotopic (exact) mass is 556 g/mol. The summed E-state index contributed by atoms with van der Waals surface area (Å²) in [6, 6.07) is 19.0. The number of nitrogens with zero attached hydrogens (tertiary/aromatic N) is 1. The number of methoxy groups -OCH3 is 1. The molecule has 7 nitrogen and oxygen atoms in total. The van der Waals surface area contributed by atoms with Crippen LogP contribution in [0.25, 0.3) is 0 Å². The molecule has 0 aliphatic carbocycles. The lowest BCUT2D eigenvalue weighted by Gasteiger charge is -2.23. The highest BCUT2D eigenvalue weighted by molar-refractivity contribution is 7.92. The van der Waals surface area contributed by atoms with Gasteiger partial charge in [0.05, 0.1) is 24.1 Å². The van der Waals surface area contributed by atoms with E-state index in [1.807, 2.05) is 24.3 Å². The molecular formula is C29H33ClN2O5S.